The van der Waals surface area contributed by atoms with Gasteiger partial charge in [-0.1, -0.05) is 18.2 Å². The Balaban J connectivity index is 1.86. The van der Waals surface area contributed by atoms with Crippen molar-refractivity contribution in [2.45, 2.75) is 11.0 Å². The zero-order valence-corrected chi connectivity index (χ0v) is 13.2. The largest absolute Gasteiger partial charge is 0.490 e. The molecule has 1 aliphatic heterocycles. The minimum Gasteiger partial charge on any atom is -0.490 e. The van der Waals surface area contributed by atoms with Gasteiger partial charge < -0.3 is 9.47 Å². The highest BCUT2D eigenvalue weighted by molar-refractivity contribution is 7.92. The second kappa shape index (κ2) is 6.46. The number of hydrogen-bond donors (Lipinski definition) is 1. The lowest BCUT2D eigenvalue weighted by molar-refractivity contribution is -0.384. The van der Waals surface area contributed by atoms with Crippen molar-refractivity contribution in [1.29, 1.82) is 0 Å². The second-order valence-electron chi connectivity index (χ2n) is 5.16. The molecule has 0 spiro atoms. The van der Waals surface area contributed by atoms with E-state index in [9.17, 15) is 18.5 Å². The predicted molar refractivity (Wildman–Crippen MR) is 85.6 cm³/mol. The average Bonchev–Trinajstić information content (AvgIpc) is 3.37. The highest BCUT2D eigenvalue weighted by atomic mass is 32.2. The molecule has 0 aliphatic carbocycles. The molecule has 1 fully saturated rings. The summed E-state index contributed by atoms with van der Waals surface area (Å²) >= 11 is 0. The summed E-state index contributed by atoms with van der Waals surface area (Å²) < 4.78 is 37.4. The molecule has 24 heavy (non-hydrogen) atoms. The third-order valence-electron chi connectivity index (χ3n) is 3.25. The Hall–Kier alpha value is -2.65. The number of nitro groups is 1. The Kier molecular flexibility index (Phi) is 4.36. The van der Waals surface area contributed by atoms with E-state index < -0.39 is 14.9 Å². The molecule has 1 saturated heterocycles. The van der Waals surface area contributed by atoms with E-state index in [2.05, 4.69) is 4.72 Å². The van der Waals surface area contributed by atoms with Crippen LogP contribution < -0.4 is 9.46 Å². The molecule has 0 bridgehead atoms. The Morgan fingerprint density at radius 1 is 1.25 bits per heavy atom. The van der Waals surface area contributed by atoms with Gasteiger partial charge in [-0.05, 0) is 12.1 Å². The number of non-ortho nitro benzene ring substituents is 1. The fourth-order valence-corrected chi connectivity index (χ4v) is 3.06. The van der Waals surface area contributed by atoms with Crippen molar-refractivity contribution < 1.29 is 22.8 Å². The van der Waals surface area contributed by atoms with Crippen molar-refractivity contribution in [3.05, 3.63) is 58.6 Å². The molecular weight excluding hydrogens is 336 g/mol. The smallest absolute Gasteiger partial charge is 0.275 e. The first kappa shape index (κ1) is 16.2. The van der Waals surface area contributed by atoms with E-state index >= 15 is 0 Å². The molecule has 1 atom stereocenters. The molecule has 2 aromatic carbocycles. The van der Waals surface area contributed by atoms with E-state index in [-0.39, 0.29) is 34.7 Å². The fraction of sp³-hybridized carbons (Fsp3) is 0.200. The lowest BCUT2D eigenvalue weighted by atomic mass is 10.2. The van der Waals surface area contributed by atoms with Crippen molar-refractivity contribution in [3.63, 3.8) is 0 Å². The van der Waals surface area contributed by atoms with E-state index in [0.29, 0.717) is 6.61 Å². The number of benzene rings is 2. The van der Waals surface area contributed by atoms with Gasteiger partial charge in [0.2, 0.25) is 0 Å². The van der Waals surface area contributed by atoms with E-state index in [0.717, 1.165) is 6.07 Å². The third kappa shape index (κ3) is 4.00. The van der Waals surface area contributed by atoms with Gasteiger partial charge in [-0.15, -0.1) is 0 Å². The van der Waals surface area contributed by atoms with Crippen molar-refractivity contribution in [2.75, 3.05) is 17.9 Å². The Bertz CT molecular complexity index is 850. The molecule has 9 heteroatoms. The SMILES string of the molecule is O=[N+]([O-])c1cc(NS(=O)(=O)c2ccccc2)cc(OCC2CO2)c1. The number of sulfonamides is 1. The van der Waals surface area contributed by atoms with Crippen molar-refractivity contribution >= 4 is 21.4 Å². The maximum absolute atomic E-state index is 12.3. The van der Waals surface area contributed by atoms with E-state index in [4.69, 9.17) is 9.47 Å². The Morgan fingerprint density at radius 2 is 1.96 bits per heavy atom. The zero-order chi connectivity index (χ0) is 17.2. The van der Waals surface area contributed by atoms with Gasteiger partial charge in [-0.3, -0.25) is 14.8 Å². The van der Waals surface area contributed by atoms with Crippen LogP contribution in [0.25, 0.3) is 0 Å². The first-order valence-corrected chi connectivity index (χ1v) is 8.54. The number of hydrogen-bond acceptors (Lipinski definition) is 6. The Morgan fingerprint density at radius 3 is 2.58 bits per heavy atom. The first-order valence-electron chi connectivity index (χ1n) is 7.06. The first-order chi connectivity index (χ1) is 11.4. The van der Waals surface area contributed by atoms with Crippen LogP contribution in [0.15, 0.2) is 53.4 Å². The van der Waals surface area contributed by atoms with Crippen LogP contribution in [0.3, 0.4) is 0 Å². The third-order valence-corrected chi connectivity index (χ3v) is 4.64. The van der Waals surface area contributed by atoms with Gasteiger partial charge in [0.15, 0.2) is 0 Å². The predicted octanol–water partition coefficient (Wildman–Crippen LogP) is 2.17. The second-order valence-corrected chi connectivity index (χ2v) is 6.84. The van der Waals surface area contributed by atoms with Crippen LogP contribution in [-0.2, 0) is 14.8 Å². The molecule has 0 amide bonds. The number of epoxide rings is 1. The summed E-state index contributed by atoms with van der Waals surface area (Å²) in [6.07, 6.45) is -0.0197. The van der Waals surface area contributed by atoms with Crippen molar-refractivity contribution in [3.8, 4) is 5.75 Å². The van der Waals surface area contributed by atoms with Crippen LogP contribution in [0.2, 0.25) is 0 Å². The molecule has 2 aromatic rings. The van der Waals surface area contributed by atoms with Crippen LogP contribution in [0.4, 0.5) is 11.4 Å². The van der Waals surface area contributed by atoms with Crippen LogP contribution in [-0.4, -0.2) is 32.7 Å². The molecule has 8 nitrogen and oxygen atoms in total. The van der Waals surface area contributed by atoms with Gasteiger partial charge in [-0.25, -0.2) is 8.42 Å². The molecule has 0 radical (unpaired) electrons. The maximum atomic E-state index is 12.3. The minimum absolute atomic E-state index is 0.0197. The quantitative estimate of drug-likeness (QED) is 0.465. The van der Waals surface area contributed by atoms with Gasteiger partial charge in [0.05, 0.1) is 28.2 Å². The van der Waals surface area contributed by atoms with Gasteiger partial charge in [0.1, 0.15) is 18.5 Å². The van der Waals surface area contributed by atoms with Crippen LogP contribution in [0.1, 0.15) is 0 Å². The lowest BCUT2D eigenvalue weighted by Gasteiger charge is -2.10. The number of ether oxygens (including phenoxy) is 2. The number of nitrogens with one attached hydrogen (secondary N) is 1. The normalized spacial score (nSPS) is 16.4. The van der Waals surface area contributed by atoms with E-state index in [1.54, 1.807) is 18.2 Å². The lowest BCUT2D eigenvalue weighted by Crippen LogP contribution is -2.13. The van der Waals surface area contributed by atoms with E-state index in [1.165, 1.54) is 24.3 Å². The average molecular weight is 350 g/mol. The summed E-state index contributed by atoms with van der Waals surface area (Å²) in [4.78, 5) is 10.5. The van der Waals surface area contributed by atoms with Crippen LogP contribution in [0.5, 0.6) is 5.75 Å². The van der Waals surface area contributed by atoms with Crippen LogP contribution >= 0.6 is 0 Å². The monoisotopic (exact) mass is 350 g/mol. The fourth-order valence-electron chi connectivity index (χ4n) is 2.00. The topological polar surface area (TPSA) is 111 Å². The highest BCUT2D eigenvalue weighted by Crippen LogP contribution is 2.28. The number of nitro benzene ring substituents is 1. The number of nitrogens with zero attached hydrogens (tertiary/aromatic N) is 1. The molecule has 1 unspecified atom stereocenters. The molecule has 1 aliphatic rings. The summed E-state index contributed by atoms with van der Waals surface area (Å²) in [7, 11) is -3.84. The van der Waals surface area contributed by atoms with Crippen molar-refractivity contribution in [1.82, 2.24) is 0 Å². The van der Waals surface area contributed by atoms with Gasteiger partial charge in [0.25, 0.3) is 15.7 Å². The summed E-state index contributed by atoms with van der Waals surface area (Å²) in [5.41, 5.74) is -0.213. The van der Waals surface area contributed by atoms with Crippen LogP contribution in [0, 0.1) is 10.1 Å². The molecule has 3 rings (SSSR count). The standard InChI is InChI=1S/C15H14N2O6S/c18-17(19)12-6-11(7-13(8-12)22-9-14-10-23-14)16-24(20,21)15-4-2-1-3-5-15/h1-8,14,16H,9-10H2. The summed E-state index contributed by atoms with van der Waals surface area (Å²) in [5.74, 6) is 0.200. The molecular formula is C15H14N2O6S. The minimum atomic E-state index is -3.84. The Labute approximate surface area is 138 Å². The molecule has 126 valence electrons. The summed E-state index contributed by atoms with van der Waals surface area (Å²) in [6.45, 7) is 0.842. The van der Waals surface area contributed by atoms with Gasteiger partial charge >= 0.3 is 0 Å². The molecule has 1 heterocycles. The van der Waals surface area contributed by atoms with Crippen molar-refractivity contribution in [2.24, 2.45) is 0 Å². The molecule has 1 N–H and O–H groups in total. The summed E-state index contributed by atoms with van der Waals surface area (Å²) in [5, 5.41) is 11.0. The zero-order valence-electron chi connectivity index (χ0n) is 12.4. The molecule has 0 saturated carbocycles. The van der Waals surface area contributed by atoms with Gasteiger partial charge in [0, 0.05) is 12.1 Å². The van der Waals surface area contributed by atoms with Gasteiger partial charge in [-0.2, -0.15) is 0 Å². The number of anilines is 1. The molecule has 0 aromatic heterocycles. The summed E-state index contributed by atoms with van der Waals surface area (Å²) in [6, 6.07) is 11.5. The maximum Gasteiger partial charge on any atom is 0.275 e. The number of rotatable bonds is 7. The van der Waals surface area contributed by atoms with E-state index in [1.807, 2.05) is 0 Å². The highest BCUT2D eigenvalue weighted by Gasteiger charge is 2.24.